The molecule has 2 nitrogen and oxygen atoms in total. The van der Waals surface area contributed by atoms with Crippen LogP contribution in [0.25, 0.3) is 0 Å². The molecule has 0 radical (unpaired) electrons. The van der Waals surface area contributed by atoms with Gasteiger partial charge in [-0.05, 0) is 65.2 Å². The van der Waals surface area contributed by atoms with Gasteiger partial charge in [0.2, 0.25) is 0 Å². The Hall–Kier alpha value is -0.910. The molecule has 0 saturated carbocycles. The quantitative estimate of drug-likeness (QED) is 0.758. The third-order valence-corrected chi connectivity index (χ3v) is 4.06. The van der Waals surface area contributed by atoms with Crippen LogP contribution in [0.5, 0.6) is 5.75 Å². The first-order valence-corrected chi connectivity index (χ1v) is 8.15. The Bertz CT molecular complexity index is 632. The molecular weight excluding hydrogens is 401 g/mol. The monoisotopic (exact) mass is 415 g/mol. The van der Waals surface area contributed by atoms with Crippen molar-refractivity contribution in [3.8, 4) is 5.75 Å². The summed E-state index contributed by atoms with van der Waals surface area (Å²) in [7, 11) is 0. The van der Waals surface area contributed by atoms with Crippen LogP contribution < -0.4 is 10.5 Å². The summed E-state index contributed by atoms with van der Waals surface area (Å²) in [6, 6.07) is 10.7. The molecule has 0 spiro atoms. The van der Waals surface area contributed by atoms with Crippen LogP contribution in [0.15, 0.2) is 45.3 Å². The van der Waals surface area contributed by atoms with Gasteiger partial charge in [-0.3, -0.25) is 0 Å². The van der Waals surface area contributed by atoms with Crippen molar-refractivity contribution in [2.24, 2.45) is 5.73 Å². The molecular formula is C16H16Br2FNO. The largest absolute Gasteiger partial charge is 0.488 e. The van der Waals surface area contributed by atoms with Gasteiger partial charge in [0, 0.05) is 16.1 Å². The predicted molar refractivity (Wildman–Crippen MR) is 89.9 cm³/mol. The van der Waals surface area contributed by atoms with Crippen molar-refractivity contribution >= 4 is 31.9 Å². The number of hydrogen-bond donors (Lipinski definition) is 1. The summed E-state index contributed by atoms with van der Waals surface area (Å²) in [5, 5.41) is 0. The molecule has 2 aromatic rings. The maximum absolute atomic E-state index is 13.7. The van der Waals surface area contributed by atoms with E-state index >= 15 is 0 Å². The number of nitrogens with two attached hydrogens (primary N) is 1. The van der Waals surface area contributed by atoms with Crippen LogP contribution in [0.4, 0.5) is 4.39 Å². The van der Waals surface area contributed by atoms with Crippen LogP contribution in [0, 0.1) is 5.82 Å². The molecule has 0 amide bonds. The summed E-state index contributed by atoms with van der Waals surface area (Å²) in [4.78, 5) is 0. The van der Waals surface area contributed by atoms with Crippen LogP contribution in [0.3, 0.4) is 0 Å². The lowest BCUT2D eigenvalue weighted by Gasteiger charge is -2.11. The van der Waals surface area contributed by atoms with Crippen molar-refractivity contribution < 1.29 is 9.13 Å². The van der Waals surface area contributed by atoms with E-state index in [0.29, 0.717) is 11.3 Å². The predicted octanol–water partition coefficient (Wildman–Crippen LogP) is 4.82. The third kappa shape index (κ3) is 4.80. The minimum Gasteiger partial charge on any atom is -0.488 e. The van der Waals surface area contributed by atoms with Gasteiger partial charge in [0.15, 0.2) is 0 Å². The van der Waals surface area contributed by atoms with E-state index in [0.717, 1.165) is 20.9 Å². The van der Waals surface area contributed by atoms with E-state index in [2.05, 4.69) is 31.9 Å². The molecule has 112 valence electrons. The molecule has 1 unspecified atom stereocenters. The van der Waals surface area contributed by atoms with Crippen LogP contribution >= 0.6 is 31.9 Å². The topological polar surface area (TPSA) is 35.2 Å². The van der Waals surface area contributed by atoms with Gasteiger partial charge in [-0.25, -0.2) is 4.39 Å². The van der Waals surface area contributed by atoms with E-state index in [1.807, 2.05) is 25.1 Å². The highest BCUT2D eigenvalue weighted by Crippen LogP contribution is 2.28. The first-order chi connectivity index (χ1) is 9.95. The van der Waals surface area contributed by atoms with Gasteiger partial charge in [-0.1, -0.05) is 22.0 Å². The van der Waals surface area contributed by atoms with Crippen molar-refractivity contribution in [3.63, 3.8) is 0 Å². The maximum atomic E-state index is 13.7. The molecule has 2 aromatic carbocycles. The zero-order valence-electron chi connectivity index (χ0n) is 11.6. The Morgan fingerprint density at radius 1 is 1.19 bits per heavy atom. The fraction of sp³-hybridized carbons (Fsp3) is 0.250. The van der Waals surface area contributed by atoms with Crippen molar-refractivity contribution in [2.75, 3.05) is 0 Å². The molecule has 2 rings (SSSR count). The van der Waals surface area contributed by atoms with E-state index in [4.69, 9.17) is 10.5 Å². The summed E-state index contributed by atoms with van der Waals surface area (Å²) in [5.74, 6) is 0.408. The third-order valence-electron chi connectivity index (χ3n) is 2.94. The zero-order valence-corrected chi connectivity index (χ0v) is 14.7. The minimum absolute atomic E-state index is 0.111. The van der Waals surface area contributed by atoms with Gasteiger partial charge in [0.05, 0.1) is 4.47 Å². The molecule has 0 saturated heterocycles. The van der Waals surface area contributed by atoms with Gasteiger partial charge >= 0.3 is 0 Å². The normalized spacial score (nSPS) is 12.2. The second kappa shape index (κ2) is 7.38. The van der Waals surface area contributed by atoms with E-state index in [1.54, 1.807) is 12.1 Å². The average Bonchev–Trinajstić information content (AvgIpc) is 2.41. The molecule has 0 heterocycles. The average molecular weight is 417 g/mol. The Kier molecular flexibility index (Phi) is 5.79. The van der Waals surface area contributed by atoms with Crippen molar-refractivity contribution in [1.82, 2.24) is 0 Å². The molecule has 21 heavy (non-hydrogen) atoms. The molecule has 0 aliphatic carbocycles. The Morgan fingerprint density at radius 3 is 2.62 bits per heavy atom. The lowest BCUT2D eigenvalue weighted by atomic mass is 10.1. The summed E-state index contributed by atoms with van der Waals surface area (Å²) >= 11 is 6.80. The summed E-state index contributed by atoms with van der Waals surface area (Å²) in [5.41, 5.74) is 7.43. The number of benzene rings is 2. The highest BCUT2D eigenvalue weighted by molar-refractivity contribution is 9.10. The van der Waals surface area contributed by atoms with Gasteiger partial charge in [-0.15, -0.1) is 0 Å². The highest BCUT2D eigenvalue weighted by Gasteiger charge is 2.07. The molecule has 0 fully saturated rings. The van der Waals surface area contributed by atoms with Crippen LogP contribution in [0.1, 0.15) is 18.1 Å². The second-order valence-electron chi connectivity index (χ2n) is 4.97. The Labute approximate surface area is 140 Å². The van der Waals surface area contributed by atoms with E-state index in [-0.39, 0.29) is 18.5 Å². The van der Waals surface area contributed by atoms with E-state index < -0.39 is 0 Å². The van der Waals surface area contributed by atoms with Crippen LogP contribution in [-0.2, 0) is 13.0 Å². The van der Waals surface area contributed by atoms with Crippen molar-refractivity contribution in [2.45, 2.75) is 26.0 Å². The first-order valence-electron chi connectivity index (χ1n) is 6.56. The number of ether oxygens (including phenoxy) is 1. The Balaban J connectivity index is 2.08. The lowest BCUT2D eigenvalue weighted by Crippen LogP contribution is -2.17. The van der Waals surface area contributed by atoms with Crippen LogP contribution in [0.2, 0.25) is 0 Å². The van der Waals surface area contributed by atoms with E-state index in [1.165, 1.54) is 6.07 Å². The minimum atomic E-state index is -0.275. The van der Waals surface area contributed by atoms with E-state index in [9.17, 15) is 4.39 Å². The molecule has 2 N–H and O–H groups in total. The first kappa shape index (κ1) is 16.5. The molecule has 0 bridgehead atoms. The SMILES string of the molecule is CC(N)Cc1ccc(OCc2cc(Br)ccc2F)c(Br)c1. The summed E-state index contributed by atoms with van der Waals surface area (Å²) < 4.78 is 21.0. The number of halogens is 3. The van der Waals surface area contributed by atoms with Gasteiger partial charge < -0.3 is 10.5 Å². The number of rotatable bonds is 5. The fourth-order valence-corrected chi connectivity index (χ4v) is 2.92. The second-order valence-corrected chi connectivity index (χ2v) is 6.74. The standard InChI is InChI=1S/C16H16Br2FNO/c1-10(20)6-11-2-5-16(14(18)7-11)21-9-12-8-13(17)3-4-15(12)19/h2-5,7-8,10H,6,9,20H2,1H3. The number of hydrogen-bond acceptors (Lipinski definition) is 2. The van der Waals surface area contributed by atoms with Crippen molar-refractivity contribution in [3.05, 3.63) is 62.3 Å². The molecule has 0 aliphatic heterocycles. The molecule has 1 atom stereocenters. The zero-order chi connectivity index (χ0) is 15.4. The van der Waals surface area contributed by atoms with Crippen molar-refractivity contribution in [1.29, 1.82) is 0 Å². The lowest BCUT2D eigenvalue weighted by molar-refractivity contribution is 0.298. The van der Waals surface area contributed by atoms with Crippen LogP contribution in [-0.4, -0.2) is 6.04 Å². The molecule has 5 heteroatoms. The highest BCUT2D eigenvalue weighted by atomic mass is 79.9. The smallest absolute Gasteiger partial charge is 0.134 e. The fourth-order valence-electron chi connectivity index (χ4n) is 1.97. The summed E-state index contributed by atoms with van der Waals surface area (Å²) in [6.45, 7) is 2.14. The van der Waals surface area contributed by atoms with Gasteiger partial charge in [0.1, 0.15) is 18.2 Å². The summed E-state index contributed by atoms with van der Waals surface area (Å²) in [6.07, 6.45) is 0.805. The van der Waals surface area contributed by atoms with Gasteiger partial charge in [-0.2, -0.15) is 0 Å². The maximum Gasteiger partial charge on any atom is 0.134 e. The van der Waals surface area contributed by atoms with Gasteiger partial charge in [0.25, 0.3) is 0 Å². The molecule has 0 aromatic heterocycles. The Morgan fingerprint density at radius 2 is 1.95 bits per heavy atom. The molecule has 0 aliphatic rings.